The number of piperidine rings is 1. The van der Waals surface area contributed by atoms with Gasteiger partial charge in [0.25, 0.3) is 5.91 Å². The number of nitrogens with zero attached hydrogens (tertiary/aromatic N) is 5. The van der Waals surface area contributed by atoms with Crippen molar-refractivity contribution in [3.05, 3.63) is 60.2 Å². The van der Waals surface area contributed by atoms with E-state index >= 15 is 0 Å². The van der Waals surface area contributed by atoms with Gasteiger partial charge in [0.1, 0.15) is 11.4 Å². The molecule has 3 aromatic heterocycles. The topological polar surface area (TPSA) is 89.1 Å². The highest BCUT2D eigenvalue weighted by atomic mass is 16.1. The van der Waals surface area contributed by atoms with E-state index in [1.165, 1.54) is 0 Å². The van der Waals surface area contributed by atoms with Gasteiger partial charge in [-0.3, -0.25) is 4.79 Å². The Kier molecular flexibility index (Phi) is 4.92. The number of hydrogen-bond acceptors (Lipinski definition) is 5. The van der Waals surface area contributed by atoms with E-state index in [0.717, 1.165) is 43.7 Å². The molecule has 0 aromatic carbocycles. The van der Waals surface area contributed by atoms with E-state index in [9.17, 15) is 4.79 Å². The molecule has 30 heavy (non-hydrogen) atoms. The molecule has 2 aliphatic rings. The first-order valence-electron chi connectivity index (χ1n) is 10.5. The molecule has 8 nitrogen and oxygen atoms in total. The van der Waals surface area contributed by atoms with Crippen molar-refractivity contribution < 1.29 is 4.79 Å². The fourth-order valence-corrected chi connectivity index (χ4v) is 4.13. The minimum atomic E-state index is -0.241. The number of rotatable bonds is 4. The molecule has 1 amide bonds. The molecule has 1 saturated heterocycles. The lowest BCUT2D eigenvalue weighted by atomic mass is 9.95. The van der Waals surface area contributed by atoms with Crippen LogP contribution in [0.1, 0.15) is 48.2 Å². The number of anilines is 1. The molecule has 1 aliphatic heterocycles. The molecule has 1 aliphatic carbocycles. The molecule has 154 valence electrons. The molecule has 0 radical (unpaired) electrons. The third-order valence-electron chi connectivity index (χ3n) is 5.75. The van der Waals surface area contributed by atoms with Gasteiger partial charge in [-0.05, 0) is 50.4 Å². The quantitative estimate of drug-likeness (QED) is 0.699. The number of carbonyl (C=O) groups excluding carboxylic acids is 1. The van der Waals surface area contributed by atoms with Gasteiger partial charge in [-0.1, -0.05) is 19.1 Å². The predicted octanol–water partition coefficient (Wildman–Crippen LogP) is 3.08. The summed E-state index contributed by atoms with van der Waals surface area (Å²) >= 11 is 0. The van der Waals surface area contributed by atoms with Crippen LogP contribution < -0.4 is 10.6 Å². The van der Waals surface area contributed by atoms with Crippen molar-refractivity contribution in [3.8, 4) is 0 Å². The van der Waals surface area contributed by atoms with E-state index in [4.69, 9.17) is 5.10 Å². The van der Waals surface area contributed by atoms with Crippen molar-refractivity contribution in [2.45, 2.75) is 32.1 Å². The summed E-state index contributed by atoms with van der Waals surface area (Å²) in [7, 11) is 0. The molecule has 8 heteroatoms. The number of aromatic nitrogens is 5. The van der Waals surface area contributed by atoms with Crippen molar-refractivity contribution in [1.29, 1.82) is 0 Å². The molecule has 3 aromatic rings. The van der Waals surface area contributed by atoms with Gasteiger partial charge in [-0.15, -0.1) is 0 Å². The zero-order valence-corrected chi connectivity index (χ0v) is 17.0. The van der Waals surface area contributed by atoms with Crippen LogP contribution in [0.15, 0.2) is 49.0 Å². The number of carbonyl (C=O) groups is 1. The summed E-state index contributed by atoms with van der Waals surface area (Å²) in [5.74, 6) is 1.26. The molecule has 1 unspecified atom stereocenters. The highest BCUT2D eigenvalue weighted by molar-refractivity contribution is 6.08. The van der Waals surface area contributed by atoms with Gasteiger partial charge in [-0.2, -0.15) is 10.2 Å². The first-order valence-corrected chi connectivity index (χ1v) is 10.5. The molecule has 0 saturated carbocycles. The number of hydrogen-bond donors (Lipinski definition) is 2. The van der Waals surface area contributed by atoms with Gasteiger partial charge < -0.3 is 10.6 Å². The van der Waals surface area contributed by atoms with E-state index in [1.54, 1.807) is 29.2 Å². The largest absolute Gasteiger partial charge is 0.317 e. The van der Waals surface area contributed by atoms with E-state index < -0.39 is 0 Å². The van der Waals surface area contributed by atoms with Crippen LogP contribution in [0, 0.1) is 5.92 Å². The van der Waals surface area contributed by atoms with Gasteiger partial charge in [0.15, 0.2) is 5.65 Å². The number of amides is 1. The number of fused-ring (bicyclic) bond motifs is 1. The molecular weight excluding hydrogens is 378 g/mol. The van der Waals surface area contributed by atoms with Crippen molar-refractivity contribution in [1.82, 2.24) is 29.7 Å². The summed E-state index contributed by atoms with van der Waals surface area (Å²) in [5.41, 5.74) is 2.98. The third-order valence-corrected chi connectivity index (χ3v) is 5.75. The Labute approximate surface area is 174 Å². The monoisotopic (exact) mass is 403 g/mol. The lowest BCUT2D eigenvalue weighted by molar-refractivity contribution is 0.102. The van der Waals surface area contributed by atoms with Crippen LogP contribution in [-0.2, 0) is 0 Å². The summed E-state index contributed by atoms with van der Waals surface area (Å²) in [5, 5.41) is 15.6. The first-order chi connectivity index (χ1) is 14.7. The van der Waals surface area contributed by atoms with Crippen molar-refractivity contribution >= 4 is 23.1 Å². The highest BCUT2D eigenvalue weighted by Crippen LogP contribution is 2.30. The molecule has 1 fully saturated rings. The molecule has 1 atom stereocenters. The average molecular weight is 403 g/mol. The fraction of sp³-hybridized carbons (Fsp3) is 0.364. The zero-order valence-electron chi connectivity index (χ0n) is 17.0. The third kappa shape index (κ3) is 3.54. The Bertz CT molecular complexity index is 1130. The van der Waals surface area contributed by atoms with E-state index in [1.807, 2.05) is 10.7 Å². The Morgan fingerprint density at radius 3 is 3.00 bits per heavy atom. The van der Waals surface area contributed by atoms with Gasteiger partial charge in [0, 0.05) is 24.4 Å². The van der Waals surface area contributed by atoms with Crippen LogP contribution in [0.5, 0.6) is 0 Å². The van der Waals surface area contributed by atoms with E-state index in [-0.39, 0.29) is 5.91 Å². The highest BCUT2D eigenvalue weighted by Gasteiger charge is 2.23. The van der Waals surface area contributed by atoms with Crippen LogP contribution in [0.2, 0.25) is 0 Å². The molecule has 0 spiro atoms. The maximum absolute atomic E-state index is 13.1. The summed E-state index contributed by atoms with van der Waals surface area (Å²) in [6.07, 6.45) is 14.5. The summed E-state index contributed by atoms with van der Waals surface area (Å²) in [6.45, 7) is 4.17. The minimum absolute atomic E-state index is 0.241. The maximum Gasteiger partial charge on any atom is 0.262 e. The number of allylic oxidation sites excluding steroid dienone is 4. The van der Waals surface area contributed by atoms with Gasteiger partial charge in [0.2, 0.25) is 0 Å². The van der Waals surface area contributed by atoms with Gasteiger partial charge in [0.05, 0.1) is 17.6 Å². The maximum atomic E-state index is 13.1. The lowest BCUT2D eigenvalue weighted by Crippen LogP contribution is -2.26. The van der Waals surface area contributed by atoms with Crippen molar-refractivity contribution in [2.75, 3.05) is 18.4 Å². The van der Waals surface area contributed by atoms with Crippen molar-refractivity contribution in [2.24, 2.45) is 5.92 Å². The normalized spacial score (nSPS) is 19.8. The Hall–Kier alpha value is -3.26. The minimum Gasteiger partial charge on any atom is -0.317 e. The lowest BCUT2D eigenvalue weighted by Gasteiger charge is -2.20. The predicted molar refractivity (Wildman–Crippen MR) is 115 cm³/mol. The molecule has 4 heterocycles. The van der Waals surface area contributed by atoms with Crippen molar-refractivity contribution in [3.63, 3.8) is 0 Å². The smallest absolute Gasteiger partial charge is 0.262 e. The Morgan fingerprint density at radius 2 is 2.17 bits per heavy atom. The zero-order chi connectivity index (χ0) is 20.5. The standard InChI is InChI=1S/C22H25N7O/c1-15-4-2-5-17(12-15)29-20(13-19(27-29)16-6-9-23-10-7-16)26-22(30)18-14-25-28-11-3-8-24-21(18)28/h2-3,5,8,11-16,23H,4,6-7,9-10H2,1H3,(H,26,30). The van der Waals surface area contributed by atoms with Gasteiger partial charge >= 0.3 is 0 Å². The first kappa shape index (κ1) is 18.7. The Morgan fingerprint density at radius 1 is 1.30 bits per heavy atom. The SMILES string of the molecule is CC1C=C(n2nc(C3CCNCC3)cc2NC(=O)c2cnn3cccnc23)C=CC1. The number of nitrogens with one attached hydrogen (secondary N) is 2. The van der Waals surface area contributed by atoms with Crippen LogP contribution in [0.25, 0.3) is 11.3 Å². The summed E-state index contributed by atoms with van der Waals surface area (Å²) in [4.78, 5) is 17.4. The second kappa shape index (κ2) is 7.87. The summed E-state index contributed by atoms with van der Waals surface area (Å²) < 4.78 is 3.46. The average Bonchev–Trinajstić information content (AvgIpc) is 3.39. The van der Waals surface area contributed by atoms with Crippen LogP contribution in [0.4, 0.5) is 5.82 Å². The Balaban J connectivity index is 1.50. The molecule has 2 N–H and O–H groups in total. The molecule has 5 rings (SSSR count). The van der Waals surface area contributed by atoms with E-state index in [2.05, 4.69) is 45.9 Å². The summed E-state index contributed by atoms with van der Waals surface area (Å²) in [6, 6.07) is 3.80. The van der Waals surface area contributed by atoms with Gasteiger partial charge in [-0.25, -0.2) is 14.2 Å². The second-order valence-electron chi connectivity index (χ2n) is 8.00. The van der Waals surface area contributed by atoms with Crippen LogP contribution in [0.3, 0.4) is 0 Å². The second-order valence-corrected chi connectivity index (χ2v) is 8.00. The van der Waals surface area contributed by atoms with Crippen LogP contribution >= 0.6 is 0 Å². The fourth-order valence-electron chi connectivity index (χ4n) is 4.13. The van der Waals surface area contributed by atoms with E-state index in [0.29, 0.717) is 28.9 Å². The molecular formula is C22H25N7O. The van der Waals surface area contributed by atoms with Crippen LogP contribution in [-0.4, -0.2) is 43.4 Å². The molecule has 0 bridgehead atoms.